The first-order chi connectivity index (χ1) is 5.20. The van der Waals surface area contributed by atoms with Crippen LogP contribution in [0.15, 0.2) is 0 Å². The van der Waals surface area contributed by atoms with Crippen molar-refractivity contribution < 1.29 is 14.3 Å². The summed E-state index contributed by atoms with van der Waals surface area (Å²) in [5.41, 5.74) is 0. The van der Waals surface area contributed by atoms with Crippen molar-refractivity contribution >= 4 is 11.9 Å². The molecule has 0 aromatic rings. The molecule has 0 aromatic heterocycles. The maximum absolute atomic E-state index is 10.4. The molecule has 0 fully saturated rings. The maximum atomic E-state index is 10.4. The topological polar surface area (TPSA) is 55.4 Å². The highest BCUT2D eigenvalue weighted by Gasteiger charge is 2.05. The zero-order valence-corrected chi connectivity index (χ0v) is 7.43. The predicted octanol–water partition coefficient (Wildman–Crippen LogP) is 0.322. The van der Waals surface area contributed by atoms with Crippen molar-refractivity contribution in [1.29, 1.82) is 0 Å². The number of nitrogens with one attached hydrogen (secondary N) is 1. The minimum absolute atomic E-state index is 0.201. The van der Waals surface area contributed by atoms with Crippen LogP contribution < -0.4 is 5.32 Å². The summed E-state index contributed by atoms with van der Waals surface area (Å²) in [4.78, 5) is 20.7. The number of rotatable bonds is 2. The summed E-state index contributed by atoms with van der Waals surface area (Å²) in [6.45, 7) is 4.00. The monoisotopic (exact) mass is 161 g/mol. The average molecular weight is 161 g/mol. The van der Waals surface area contributed by atoms with Crippen LogP contribution in [0.3, 0.4) is 0 Å². The highest BCUT2D eigenvalue weighted by Crippen LogP contribution is 1.81. The maximum Gasteiger partial charge on any atom is 0.315 e. The third kappa shape index (κ3) is 8.94. The van der Waals surface area contributed by atoms with Crippen LogP contribution in [-0.4, -0.2) is 26.0 Å². The second kappa shape index (κ2) is 8.94. The van der Waals surface area contributed by atoms with Crippen LogP contribution in [-0.2, 0) is 14.3 Å². The zero-order valence-electron chi connectivity index (χ0n) is 7.43. The summed E-state index contributed by atoms with van der Waals surface area (Å²) in [7, 11) is 2.70. The molecule has 0 rings (SSSR count). The highest BCUT2D eigenvalue weighted by molar-refractivity contribution is 5.93. The van der Waals surface area contributed by atoms with Gasteiger partial charge in [-0.05, 0) is 0 Å². The van der Waals surface area contributed by atoms with Gasteiger partial charge in [0.1, 0.15) is 6.42 Å². The van der Waals surface area contributed by atoms with E-state index >= 15 is 0 Å². The number of ether oxygens (including phenoxy) is 1. The molecule has 0 aliphatic rings. The van der Waals surface area contributed by atoms with Crippen LogP contribution in [0.5, 0.6) is 0 Å². The molecule has 0 saturated carbocycles. The predicted molar refractivity (Wildman–Crippen MR) is 42.0 cm³/mol. The van der Waals surface area contributed by atoms with E-state index in [1.807, 2.05) is 13.8 Å². The molecule has 0 unspecified atom stereocenters. The van der Waals surface area contributed by atoms with E-state index in [9.17, 15) is 9.59 Å². The summed E-state index contributed by atoms with van der Waals surface area (Å²) in [6, 6.07) is 0. The van der Waals surface area contributed by atoms with E-state index < -0.39 is 5.97 Å². The van der Waals surface area contributed by atoms with Gasteiger partial charge in [0.25, 0.3) is 0 Å². The number of carbonyl (C=O) groups is 2. The van der Waals surface area contributed by atoms with Crippen molar-refractivity contribution in [1.82, 2.24) is 5.32 Å². The van der Waals surface area contributed by atoms with Crippen molar-refractivity contribution in [2.24, 2.45) is 0 Å². The number of amides is 1. The summed E-state index contributed by atoms with van der Waals surface area (Å²) in [5.74, 6) is -0.851. The van der Waals surface area contributed by atoms with Gasteiger partial charge in [-0.25, -0.2) is 0 Å². The normalized spacial score (nSPS) is 7.27. The van der Waals surface area contributed by atoms with Gasteiger partial charge in [-0.2, -0.15) is 0 Å². The largest absolute Gasteiger partial charge is 0.469 e. The lowest BCUT2D eigenvalue weighted by atomic mass is 10.4. The lowest BCUT2D eigenvalue weighted by Crippen LogP contribution is -2.21. The molecule has 0 aliphatic carbocycles. The minimum atomic E-state index is -0.519. The van der Waals surface area contributed by atoms with Crippen molar-refractivity contribution in [3.8, 4) is 0 Å². The van der Waals surface area contributed by atoms with E-state index in [0.29, 0.717) is 0 Å². The van der Waals surface area contributed by atoms with Crippen LogP contribution in [0.1, 0.15) is 20.3 Å². The average Bonchev–Trinajstić information content (AvgIpc) is 2.07. The van der Waals surface area contributed by atoms with Crippen molar-refractivity contribution in [3.05, 3.63) is 0 Å². The minimum Gasteiger partial charge on any atom is -0.469 e. The molecule has 0 aromatic carbocycles. The fraction of sp³-hybridized carbons (Fsp3) is 0.714. The van der Waals surface area contributed by atoms with Crippen molar-refractivity contribution in [2.45, 2.75) is 20.3 Å². The lowest BCUT2D eigenvalue weighted by Gasteiger charge is -1.95. The SMILES string of the molecule is CC.CNC(=O)CC(=O)OC. The molecule has 11 heavy (non-hydrogen) atoms. The Kier molecular flexibility index (Phi) is 10.2. The van der Waals surface area contributed by atoms with Gasteiger partial charge in [0.05, 0.1) is 7.11 Å². The molecule has 0 heterocycles. The Bertz CT molecular complexity index is 109. The van der Waals surface area contributed by atoms with Gasteiger partial charge in [0, 0.05) is 7.05 Å². The van der Waals surface area contributed by atoms with Crippen molar-refractivity contribution in [3.63, 3.8) is 0 Å². The van der Waals surface area contributed by atoms with Gasteiger partial charge < -0.3 is 10.1 Å². The Morgan fingerprint density at radius 2 is 1.82 bits per heavy atom. The number of esters is 1. The zero-order chi connectivity index (χ0) is 9.28. The molecule has 66 valence electrons. The lowest BCUT2D eigenvalue weighted by molar-refractivity contribution is -0.143. The van der Waals surface area contributed by atoms with Crippen LogP contribution in [0.2, 0.25) is 0 Å². The Morgan fingerprint density at radius 3 is 2.09 bits per heavy atom. The third-order valence-electron chi connectivity index (χ3n) is 0.811. The summed E-state index contributed by atoms with van der Waals surface area (Å²) >= 11 is 0. The Hall–Kier alpha value is -1.06. The van der Waals surface area contributed by atoms with Crippen LogP contribution in [0.25, 0.3) is 0 Å². The van der Waals surface area contributed by atoms with Crippen LogP contribution in [0.4, 0.5) is 0 Å². The van der Waals surface area contributed by atoms with E-state index in [-0.39, 0.29) is 12.3 Å². The third-order valence-corrected chi connectivity index (χ3v) is 0.811. The Morgan fingerprint density at radius 1 is 1.36 bits per heavy atom. The molecule has 0 saturated heterocycles. The van der Waals surface area contributed by atoms with E-state index in [0.717, 1.165) is 0 Å². The van der Waals surface area contributed by atoms with Gasteiger partial charge in [-0.15, -0.1) is 0 Å². The van der Waals surface area contributed by atoms with Gasteiger partial charge in [0.2, 0.25) is 5.91 Å². The number of hydrogen-bond donors (Lipinski definition) is 1. The molecule has 0 atom stereocenters. The summed E-state index contributed by atoms with van der Waals surface area (Å²) in [6.07, 6.45) is -0.201. The quantitative estimate of drug-likeness (QED) is 0.469. The molecule has 0 aliphatic heterocycles. The number of methoxy groups -OCH3 is 1. The Balaban J connectivity index is 0. The first kappa shape index (κ1) is 12.6. The molecule has 4 heteroatoms. The molecule has 1 amide bonds. The molecule has 0 radical (unpaired) electrons. The van der Waals surface area contributed by atoms with E-state index in [1.54, 1.807) is 0 Å². The van der Waals surface area contributed by atoms with Crippen molar-refractivity contribution in [2.75, 3.05) is 14.2 Å². The first-order valence-corrected chi connectivity index (χ1v) is 3.48. The fourth-order valence-electron chi connectivity index (χ4n) is 0.292. The second-order valence-electron chi connectivity index (χ2n) is 1.43. The van der Waals surface area contributed by atoms with Gasteiger partial charge >= 0.3 is 5.97 Å². The standard InChI is InChI=1S/C5H9NO3.C2H6/c1-6-4(7)3-5(8)9-2;1-2/h3H2,1-2H3,(H,6,7);1-2H3. The fourth-order valence-corrected chi connectivity index (χ4v) is 0.292. The Labute approximate surface area is 66.9 Å². The molecular formula is C7H15NO3. The van der Waals surface area contributed by atoms with Gasteiger partial charge in [-0.1, -0.05) is 13.8 Å². The van der Waals surface area contributed by atoms with E-state index in [2.05, 4.69) is 10.1 Å². The summed E-state index contributed by atoms with van der Waals surface area (Å²) < 4.78 is 4.22. The van der Waals surface area contributed by atoms with Gasteiger partial charge in [0.15, 0.2) is 0 Å². The summed E-state index contributed by atoms with van der Waals surface area (Å²) in [5, 5.41) is 2.29. The first-order valence-electron chi connectivity index (χ1n) is 3.48. The molecule has 0 spiro atoms. The second-order valence-corrected chi connectivity index (χ2v) is 1.43. The van der Waals surface area contributed by atoms with E-state index in [4.69, 9.17) is 0 Å². The van der Waals surface area contributed by atoms with Crippen LogP contribution in [0, 0.1) is 0 Å². The smallest absolute Gasteiger partial charge is 0.315 e. The highest BCUT2D eigenvalue weighted by atomic mass is 16.5. The number of hydrogen-bond acceptors (Lipinski definition) is 3. The molecule has 4 nitrogen and oxygen atoms in total. The number of carbonyl (C=O) groups excluding carboxylic acids is 2. The molecular weight excluding hydrogens is 146 g/mol. The van der Waals surface area contributed by atoms with E-state index in [1.165, 1.54) is 14.2 Å². The molecule has 0 bridgehead atoms. The van der Waals surface area contributed by atoms with Gasteiger partial charge in [-0.3, -0.25) is 9.59 Å². The molecule has 1 N–H and O–H groups in total. The van der Waals surface area contributed by atoms with Crippen LogP contribution >= 0.6 is 0 Å².